The SMILES string of the molecule is CCn1ncc(C(=O)Nc2ccc(S(=O)(=O)Nc3onc(C)c3C)cc2)c1C. The van der Waals surface area contributed by atoms with Crippen LogP contribution in [0.25, 0.3) is 0 Å². The summed E-state index contributed by atoms with van der Waals surface area (Å²) < 4.78 is 34.1. The van der Waals surface area contributed by atoms with Crippen LogP contribution >= 0.6 is 0 Å². The maximum atomic E-state index is 12.5. The first-order valence-electron chi connectivity index (χ1n) is 8.62. The highest BCUT2D eigenvalue weighted by Crippen LogP contribution is 2.23. The monoisotopic (exact) mass is 403 g/mol. The lowest BCUT2D eigenvalue weighted by Gasteiger charge is -2.08. The molecule has 0 aliphatic heterocycles. The van der Waals surface area contributed by atoms with E-state index in [0.29, 0.717) is 29.1 Å². The van der Waals surface area contributed by atoms with E-state index in [-0.39, 0.29) is 16.7 Å². The summed E-state index contributed by atoms with van der Waals surface area (Å²) >= 11 is 0. The normalized spacial score (nSPS) is 11.4. The highest BCUT2D eigenvalue weighted by atomic mass is 32.2. The Morgan fingerprint density at radius 3 is 2.39 bits per heavy atom. The number of rotatable bonds is 6. The van der Waals surface area contributed by atoms with Gasteiger partial charge in [0.05, 0.1) is 22.3 Å². The van der Waals surface area contributed by atoms with Gasteiger partial charge < -0.3 is 9.84 Å². The molecule has 2 heterocycles. The maximum Gasteiger partial charge on any atom is 0.264 e. The first kappa shape index (κ1) is 19.6. The molecule has 0 radical (unpaired) electrons. The van der Waals surface area contributed by atoms with Crippen molar-refractivity contribution in [3.05, 3.63) is 53.0 Å². The summed E-state index contributed by atoms with van der Waals surface area (Å²) in [5.74, 6) is -0.225. The Hall–Kier alpha value is -3.14. The molecule has 0 spiro atoms. The molecule has 2 aromatic heterocycles. The zero-order chi connectivity index (χ0) is 20.5. The first-order valence-corrected chi connectivity index (χ1v) is 10.1. The van der Waals surface area contributed by atoms with Crippen LogP contribution in [0, 0.1) is 20.8 Å². The van der Waals surface area contributed by atoms with Gasteiger partial charge in [-0.15, -0.1) is 0 Å². The molecule has 148 valence electrons. The van der Waals surface area contributed by atoms with Crippen molar-refractivity contribution >= 4 is 27.5 Å². The van der Waals surface area contributed by atoms with E-state index in [1.54, 1.807) is 18.5 Å². The van der Waals surface area contributed by atoms with Crippen molar-refractivity contribution < 1.29 is 17.7 Å². The van der Waals surface area contributed by atoms with E-state index in [0.717, 1.165) is 5.69 Å². The predicted molar refractivity (Wildman–Crippen MR) is 104 cm³/mol. The minimum absolute atomic E-state index is 0.0361. The number of aryl methyl sites for hydroxylation is 2. The Morgan fingerprint density at radius 1 is 1.18 bits per heavy atom. The molecule has 0 saturated heterocycles. The van der Waals surface area contributed by atoms with Gasteiger partial charge in [0.25, 0.3) is 15.9 Å². The molecule has 0 saturated carbocycles. The Labute approximate surface area is 162 Å². The molecule has 2 N–H and O–H groups in total. The van der Waals surface area contributed by atoms with Gasteiger partial charge in [-0.25, -0.2) is 13.1 Å². The van der Waals surface area contributed by atoms with Gasteiger partial charge in [0.2, 0.25) is 5.88 Å². The van der Waals surface area contributed by atoms with Crippen LogP contribution in [-0.4, -0.2) is 29.3 Å². The average molecular weight is 403 g/mol. The zero-order valence-corrected chi connectivity index (χ0v) is 16.8. The smallest absolute Gasteiger partial charge is 0.264 e. The van der Waals surface area contributed by atoms with Crippen LogP contribution in [0.1, 0.15) is 34.2 Å². The van der Waals surface area contributed by atoms with Crippen LogP contribution in [0.15, 0.2) is 39.9 Å². The van der Waals surface area contributed by atoms with Crippen molar-refractivity contribution in [3.8, 4) is 0 Å². The fraction of sp³-hybridized carbons (Fsp3) is 0.278. The topological polar surface area (TPSA) is 119 Å². The number of benzene rings is 1. The van der Waals surface area contributed by atoms with Gasteiger partial charge in [0.1, 0.15) is 0 Å². The Morgan fingerprint density at radius 2 is 1.86 bits per heavy atom. The van der Waals surface area contributed by atoms with Crippen LogP contribution < -0.4 is 10.0 Å². The van der Waals surface area contributed by atoms with Gasteiger partial charge >= 0.3 is 0 Å². The van der Waals surface area contributed by atoms with E-state index < -0.39 is 10.0 Å². The highest BCUT2D eigenvalue weighted by molar-refractivity contribution is 7.92. The van der Waals surface area contributed by atoms with Crippen LogP contribution in [0.2, 0.25) is 0 Å². The van der Waals surface area contributed by atoms with Gasteiger partial charge in [-0.3, -0.25) is 9.48 Å². The van der Waals surface area contributed by atoms with Crippen molar-refractivity contribution in [3.63, 3.8) is 0 Å². The van der Waals surface area contributed by atoms with E-state index in [1.165, 1.54) is 30.5 Å². The van der Waals surface area contributed by atoms with E-state index in [2.05, 4.69) is 20.3 Å². The molecular weight excluding hydrogens is 382 g/mol. The minimum Gasteiger partial charge on any atom is -0.337 e. The lowest BCUT2D eigenvalue weighted by atomic mass is 10.2. The van der Waals surface area contributed by atoms with Gasteiger partial charge in [-0.1, -0.05) is 5.16 Å². The number of anilines is 2. The van der Waals surface area contributed by atoms with Gasteiger partial charge in [0, 0.05) is 23.5 Å². The van der Waals surface area contributed by atoms with E-state index >= 15 is 0 Å². The van der Waals surface area contributed by atoms with Crippen LogP contribution in [0.3, 0.4) is 0 Å². The molecule has 0 aliphatic rings. The third-order valence-corrected chi connectivity index (χ3v) is 5.80. The van der Waals surface area contributed by atoms with Gasteiger partial charge in [-0.05, 0) is 52.0 Å². The van der Waals surface area contributed by atoms with E-state index in [9.17, 15) is 13.2 Å². The molecule has 3 aromatic rings. The largest absolute Gasteiger partial charge is 0.337 e. The molecule has 9 nitrogen and oxygen atoms in total. The summed E-state index contributed by atoms with van der Waals surface area (Å²) in [5, 5.41) is 10.6. The van der Waals surface area contributed by atoms with E-state index in [4.69, 9.17) is 4.52 Å². The van der Waals surface area contributed by atoms with Crippen molar-refractivity contribution in [2.75, 3.05) is 10.0 Å². The third-order valence-electron chi connectivity index (χ3n) is 4.45. The van der Waals surface area contributed by atoms with Crippen molar-refractivity contribution in [1.29, 1.82) is 0 Å². The Bertz CT molecular complexity index is 1110. The highest BCUT2D eigenvalue weighted by Gasteiger charge is 2.19. The molecule has 28 heavy (non-hydrogen) atoms. The summed E-state index contributed by atoms with van der Waals surface area (Å²) in [6, 6.07) is 5.84. The summed E-state index contributed by atoms with van der Waals surface area (Å²) in [4.78, 5) is 12.4. The molecule has 10 heteroatoms. The molecule has 0 fully saturated rings. The number of carbonyl (C=O) groups is 1. The van der Waals surface area contributed by atoms with E-state index in [1.807, 2.05) is 13.8 Å². The number of nitrogens with zero attached hydrogens (tertiary/aromatic N) is 3. The number of carbonyl (C=O) groups excluding carboxylic acids is 1. The zero-order valence-electron chi connectivity index (χ0n) is 16.0. The quantitative estimate of drug-likeness (QED) is 0.653. The molecular formula is C18H21N5O4S. The molecule has 1 aromatic carbocycles. The number of aromatic nitrogens is 3. The van der Waals surface area contributed by atoms with Crippen LogP contribution in [0.4, 0.5) is 11.6 Å². The average Bonchev–Trinajstić information content (AvgIpc) is 3.18. The van der Waals surface area contributed by atoms with Crippen molar-refractivity contribution in [2.45, 2.75) is 39.1 Å². The molecule has 1 amide bonds. The molecule has 3 rings (SSSR count). The second-order valence-corrected chi connectivity index (χ2v) is 7.95. The first-order chi connectivity index (χ1) is 13.2. The number of nitrogens with one attached hydrogen (secondary N) is 2. The lowest BCUT2D eigenvalue weighted by molar-refractivity contribution is 0.102. The minimum atomic E-state index is -3.84. The fourth-order valence-electron chi connectivity index (χ4n) is 2.60. The Balaban J connectivity index is 1.74. The predicted octanol–water partition coefficient (Wildman–Crippen LogP) is 2.87. The van der Waals surface area contributed by atoms with Crippen molar-refractivity contribution in [2.24, 2.45) is 0 Å². The maximum absolute atomic E-state index is 12.5. The molecule has 0 aliphatic carbocycles. The number of amides is 1. The standard InChI is InChI=1S/C18H21N5O4S/c1-5-23-13(4)16(10-19-23)17(24)20-14-6-8-15(9-7-14)28(25,26)22-18-11(2)12(3)21-27-18/h6-10,22H,5H2,1-4H3,(H,20,24). The number of sulfonamides is 1. The molecule has 0 unspecified atom stereocenters. The number of hydrogen-bond donors (Lipinski definition) is 2. The summed E-state index contributed by atoms with van der Waals surface area (Å²) in [5.41, 5.74) is 2.93. The Kier molecular flexibility index (Phi) is 5.23. The summed E-state index contributed by atoms with van der Waals surface area (Å²) in [6.45, 7) is 7.87. The second-order valence-electron chi connectivity index (χ2n) is 6.27. The van der Waals surface area contributed by atoms with Gasteiger partial charge in [0.15, 0.2) is 0 Å². The third kappa shape index (κ3) is 3.77. The lowest BCUT2D eigenvalue weighted by Crippen LogP contribution is -2.15. The van der Waals surface area contributed by atoms with Crippen LogP contribution in [-0.2, 0) is 16.6 Å². The van der Waals surface area contributed by atoms with Gasteiger partial charge in [-0.2, -0.15) is 5.10 Å². The number of hydrogen-bond acceptors (Lipinski definition) is 6. The molecule has 0 atom stereocenters. The van der Waals surface area contributed by atoms with Crippen LogP contribution in [0.5, 0.6) is 0 Å². The summed E-state index contributed by atoms with van der Waals surface area (Å²) in [7, 11) is -3.84. The second kappa shape index (κ2) is 7.47. The molecule has 0 bridgehead atoms. The fourth-order valence-corrected chi connectivity index (χ4v) is 3.64. The summed E-state index contributed by atoms with van der Waals surface area (Å²) in [6.07, 6.45) is 1.51. The van der Waals surface area contributed by atoms with Crippen molar-refractivity contribution in [1.82, 2.24) is 14.9 Å².